The van der Waals surface area contributed by atoms with Crippen molar-refractivity contribution in [1.29, 1.82) is 0 Å². The van der Waals surface area contributed by atoms with E-state index in [9.17, 15) is 19.8 Å². The third kappa shape index (κ3) is 2.87. The van der Waals surface area contributed by atoms with Gasteiger partial charge in [0.2, 0.25) is 5.91 Å². The number of nitrogens with zero attached hydrogens (tertiary/aromatic N) is 1. The van der Waals surface area contributed by atoms with E-state index in [4.69, 9.17) is 5.73 Å². The molecule has 2 amide bonds. The second kappa shape index (κ2) is 5.20. The topological polar surface area (TPSA) is 104 Å². The van der Waals surface area contributed by atoms with Gasteiger partial charge in [-0.15, -0.1) is 0 Å². The molecule has 0 heterocycles. The SMILES string of the molecule is CCN(CC(N)=O)C(=O)c1c(O)cccc1O. The van der Waals surface area contributed by atoms with Gasteiger partial charge in [-0.2, -0.15) is 0 Å². The molecule has 0 unspecified atom stereocenters. The third-order valence-corrected chi connectivity index (χ3v) is 2.25. The number of amides is 2. The summed E-state index contributed by atoms with van der Waals surface area (Å²) in [5.74, 6) is -1.96. The van der Waals surface area contributed by atoms with E-state index in [1.54, 1.807) is 6.92 Å². The lowest BCUT2D eigenvalue weighted by atomic mass is 10.1. The highest BCUT2D eigenvalue weighted by molar-refractivity contribution is 6.00. The molecule has 0 saturated heterocycles. The summed E-state index contributed by atoms with van der Waals surface area (Å²) in [7, 11) is 0. The Morgan fingerprint density at radius 2 is 1.82 bits per heavy atom. The summed E-state index contributed by atoms with van der Waals surface area (Å²) in [6.07, 6.45) is 0. The molecule has 0 radical (unpaired) electrons. The van der Waals surface area contributed by atoms with Crippen molar-refractivity contribution >= 4 is 11.8 Å². The first-order valence-corrected chi connectivity index (χ1v) is 5.05. The molecule has 17 heavy (non-hydrogen) atoms. The number of phenolic OH excluding ortho intramolecular Hbond substituents is 2. The molecule has 6 nitrogen and oxygen atoms in total. The molecule has 1 aromatic carbocycles. The van der Waals surface area contributed by atoms with Gasteiger partial charge in [-0.3, -0.25) is 9.59 Å². The number of primary amides is 1. The van der Waals surface area contributed by atoms with Crippen LogP contribution in [-0.4, -0.2) is 40.0 Å². The minimum absolute atomic E-state index is 0.226. The normalized spacial score (nSPS) is 9.94. The molecule has 1 aromatic rings. The fraction of sp³-hybridized carbons (Fsp3) is 0.273. The average Bonchev–Trinajstić information content (AvgIpc) is 2.25. The minimum Gasteiger partial charge on any atom is -0.507 e. The van der Waals surface area contributed by atoms with Gasteiger partial charge in [-0.25, -0.2) is 0 Å². The molecule has 0 spiro atoms. The molecule has 0 aliphatic rings. The summed E-state index contributed by atoms with van der Waals surface area (Å²) in [5, 5.41) is 19.0. The van der Waals surface area contributed by atoms with Gasteiger partial charge in [0.05, 0.1) is 6.54 Å². The quantitative estimate of drug-likeness (QED) is 0.689. The fourth-order valence-corrected chi connectivity index (χ4v) is 1.42. The largest absolute Gasteiger partial charge is 0.507 e. The zero-order chi connectivity index (χ0) is 13.0. The first-order chi connectivity index (χ1) is 7.97. The van der Waals surface area contributed by atoms with Crippen molar-refractivity contribution in [2.75, 3.05) is 13.1 Å². The molecule has 0 fully saturated rings. The number of aromatic hydroxyl groups is 2. The lowest BCUT2D eigenvalue weighted by Gasteiger charge is -2.19. The Labute approximate surface area is 98.3 Å². The molecule has 1 rings (SSSR count). The van der Waals surface area contributed by atoms with E-state index >= 15 is 0 Å². The van der Waals surface area contributed by atoms with Crippen molar-refractivity contribution in [3.05, 3.63) is 23.8 Å². The van der Waals surface area contributed by atoms with Crippen LogP contribution in [0.1, 0.15) is 17.3 Å². The van der Waals surface area contributed by atoms with Crippen LogP contribution in [0.15, 0.2) is 18.2 Å². The fourth-order valence-electron chi connectivity index (χ4n) is 1.42. The van der Waals surface area contributed by atoms with E-state index in [-0.39, 0.29) is 30.2 Å². The molecule has 0 aromatic heterocycles. The molecule has 0 bridgehead atoms. The van der Waals surface area contributed by atoms with Crippen molar-refractivity contribution in [2.45, 2.75) is 6.92 Å². The van der Waals surface area contributed by atoms with Crippen molar-refractivity contribution in [3.8, 4) is 11.5 Å². The Bertz CT molecular complexity index is 425. The Hall–Kier alpha value is -2.24. The van der Waals surface area contributed by atoms with Crippen molar-refractivity contribution in [3.63, 3.8) is 0 Å². The van der Waals surface area contributed by atoms with Gasteiger partial charge in [-0.05, 0) is 19.1 Å². The van der Waals surface area contributed by atoms with Crippen LogP contribution in [0.3, 0.4) is 0 Å². The van der Waals surface area contributed by atoms with Crippen LogP contribution in [0.5, 0.6) is 11.5 Å². The zero-order valence-corrected chi connectivity index (χ0v) is 9.38. The van der Waals surface area contributed by atoms with Crippen LogP contribution < -0.4 is 5.73 Å². The maximum absolute atomic E-state index is 12.0. The number of hydrogen-bond donors (Lipinski definition) is 3. The highest BCUT2D eigenvalue weighted by Crippen LogP contribution is 2.27. The van der Waals surface area contributed by atoms with Crippen molar-refractivity contribution < 1.29 is 19.8 Å². The molecule has 0 atom stereocenters. The Morgan fingerprint density at radius 3 is 2.24 bits per heavy atom. The van der Waals surface area contributed by atoms with Crippen LogP contribution in [-0.2, 0) is 4.79 Å². The third-order valence-electron chi connectivity index (χ3n) is 2.25. The van der Waals surface area contributed by atoms with E-state index < -0.39 is 11.8 Å². The minimum atomic E-state index is -0.657. The maximum atomic E-state index is 12.0. The van der Waals surface area contributed by atoms with E-state index in [0.717, 1.165) is 4.90 Å². The smallest absolute Gasteiger partial charge is 0.261 e. The summed E-state index contributed by atoms with van der Waals surface area (Å²) in [6, 6.07) is 3.97. The Balaban J connectivity index is 3.06. The molecule has 4 N–H and O–H groups in total. The van der Waals surface area contributed by atoms with Gasteiger partial charge < -0.3 is 20.8 Å². The predicted octanol–water partition coefficient (Wildman–Crippen LogP) is 0.0452. The highest BCUT2D eigenvalue weighted by Gasteiger charge is 2.22. The number of hydrogen-bond acceptors (Lipinski definition) is 4. The van der Waals surface area contributed by atoms with Crippen LogP contribution in [0.4, 0.5) is 0 Å². The van der Waals surface area contributed by atoms with Crippen LogP contribution >= 0.6 is 0 Å². The predicted molar refractivity (Wildman–Crippen MR) is 60.5 cm³/mol. The Kier molecular flexibility index (Phi) is 3.92. The summed E-state index contributed by atoms with van der Waals surface area (Å²) >= 11 is 0. The first-order valence-electron chi connectivity index (χ1n) is 5.05. The van der Waals surface area contributed by atoms with Gasteiger partial charge in [0.1, 0.15) is 17.1 Å². The number of rotatable bonds is 4. The molecule has 92 valence electrons. The number of benzene rings is 1. The van der Waals surface area contributed by atoms with Gasteiger partial charge >= 0.3 is 0 Å². The second-order valence-corrected chi connectivity index (χ2v) is 3.46. The van der Waals surface area contributed by atoms with E-state index in [2.05, 4.69) is 0 Å². The summed E-state index contributed by atoms with van der Waals surface area (Å²) < 4.78 is 0. The Morgan fingerprint density at radius 1 is 1.29 bits per heavy atom. The monoisotopic (exact) mass is 238 g/mol. The standard InChI is InChI=1S/C11H14N2O4/c1-2-13(6-9(12)16)11(17)10-7(14)4-3-5-8(10)15/h3-5,14-15H,2,6H2,1H3,(H2,12,16). The molecule has 0 aliphatic heterocycles. The maximum Gasteiger partial charge on any atom is 0.261 e. The number of likely N-dealkylation sites (N-methyl/N-ethyl adjacent to an activating group) is 1. The molecule has 0 saturated carbocycles. The molecular formula is C11H14N2O4. The average molecular weight is 238 g/mol. The molecule has 6 heteroatoms. The van der Waals surface area contributed by atoms with Gasteiger partial charge in [-0.1, -0.05) is 6.07 Å². The highest BCUT2D eigenvalue weighted by atomic mass is 16.3. The lowest BCUT2D eigenvalue weighted by Crippen LogP contribution is -2.38. The van der Waals surface area contributed by atoms with Crippen LogP contribution in [0.25, 0.3) is 0 Å². The second-order valence-electron chi connectivity index (χ2n) is 3.46. The van der Waals surface area contributed by atoms with E-state index in [1.165, 1.54) is 18.2 Å². The van der Waals surface area contributed by atoms with Crippen molar-refractivity contribution in [1.82, 2.24) is 4.90 Å². The summed E-state index contributed by atoms with van der Waals surface area (Å²) in [5.41, 5.74) is 4.78. The molecule has 0 aliphatic carbocycles. The van der Waals surface area contributed by atoms with Crippen LogP contribution in [0.2, 0.25) is 0 Å². The van der Waals surface area contributed by atoms with Crippen LogP contribution in [0, 0.1) is 0 Å². The number of phenols is 2. The summed E-state index contributed by atoms with van der Waals surface area (Å²) in [6.45, 7) is 1.65. The van der Waals surface area contributed by atoms with Gasteiger partial charge in [0.25, 0.3) is 5.91 Å². The van der Waals surface area contributed by atoms with E-state index in [0.29, 0.717) is 0 Å². The number of carbonyl (C=O) groups excluding carboxylic acids is 2. The summed E-state index contributed by atoms with van der Waals surface area (Å²) in [4.78, 5) is 23.9. The zero-order valence-electron chi connectivity index (χ0n) is 9.38. The van der Waals surface area contributed by atoms with Gasteiger partial charge in [0, 0.05) is 6.54 Å². The van der Waals surface area contributed by atoms with Gasteiger partial charge in [0.15, 0.2) is 0 Å². The number of nitrogens with two attached hydrogens (primary N) is 1. The first kappa shape index (κ1) is 12.8. The lowest BCUT2D eigenvalue weighted by molar-refractivity contribution is -0.118. The molecular weight excluding hydrogens is 224 g/mol. The number of carbonyl (C=O) groups is 2. The van der Waals surface area contributed by atoms with Crippen molar-refractivity contribution in [2.24, 2.45) is 5.73 Å². The van der Waals surface area contributed by atoms with E-state index in [1.807, 2.05) is 0 Å².